The van der Waals surface area contributed by atoms with Crippen LogP contribution in [0.2, 0.25) is 0 Å². The Kier molecular flexibility index (Phi) is 6.36. The molecular formula is C22H23FN4O3S2. The molecule has 4 rings (SSSR count). The Bertz CT molecular complexity index is 1230. The summed E-state index contributed by atoms with van der Waals surface area (Å²) in [5.74, 6) is 0.0726. The van der Waals surface area contributed by atoms with Crippen molar-refractivity contribution in [2.75, 3.05) is 43.5 Å². The second-order valence-electron chi connectivity index (χ2n) is 7.28. The maximum absolute atomic E-state index is 13.5. The molecule has 0 spiro atoms. The van der Waals surface area contributed by atoms with Gasteiger partial charge < -0.3 is 9.73 Å². The SMILES string of the molecule is C=C1CN(SC)CCN(S(C)=O)c2nc3oc(-c4ccc(F)cc4)c(C(=O)NC)c3cc21. The highest BCUT2D eigenvalue weighted by molar-refractivity contribution is 7.96. The van der Waals surface area contributed by atoms with Crippen LogP contribution in [0, 0.1) is 5.82 Å². The molecule has 3 aromatic rings. The Hall–Kier alpha value is -2.69. The molecule has 32 heavy (non-hydrogen) atoms. The van der Waals surface area contributed by atoms with Crippen molar-refractivity contribution in [3.63, 3.8) is 0 Å². The van der Waals surface area contributed by atoms with Crippen molar-refractivity contribution in [3.8, 4) is 11.3 Å². The number of benzene rings is 1. The van der Waals surface area contributed by atoms with Crippen LogP contribution in [0.4, 0.5) is 10.2 Å². The molecule has 0 aliphatic carbocycles. The molecule has 2 aromatic heterocycles. The Morgan fingerprint density at radius 1 is 1.31 bits per heavy atom. The minimum Gasteiger partial charge on any atom is -0.437 e. The maximum atomic E-state index is 13.5. The van der Waals surface area contributed by atoms with Gasteiger partial charge in [0.05, 0.1) is 10.9 Å². The van der Waals surface area contributed by atoms with E-state index in [1.54, 1.807) is 34.6 Å². The predicted octanol–water partition coefficient (Wildman–Crippen LogP) is 3.70. The summed E-state index contributed by atoms with van der Waals surface area (Å²) in [7, 11) is 0.212. The molecule has 0 radical (unpaired) electrons. The summed E-state index contributed by atoms with van der Waals surface area (Å²) >= 11 is 1.59. The first-order chi connectivity index (χ1) is 15.3. The minimum atomic E-state index is -1.32. The van der Waals surface area contributed by atoms with E-state index < -0.39 is 11.0 Å². The van der Waals surface area contributed by atoms with Gasteiger partial charge in [0.15, 0.2) is 5.82 Å². The van der Waals surface area contributed by atoms with Gasteiger partial charge in [-0.1, -0.05) is 18.5 Å². The van der Waals surface area contributed by atoms with E-state index in [2.05, 4.69) is 21.2 Å². The maximum Gasteiger partial charge on any atom is 0.255 e. The van der Waals surface area contributed by atoms with E-state index in [-0.39, 0.29) is 17.4 Å². The molecule has 1 aliphatic heterocycles. The Labute approximate surface area is 192 Å². The van der Waals surface area contributed by atoms with Gasteiger partial charge in [-0.05, 0) is 42.2 Å². The highest BCUT2D eigenvalue weighted by Gasteiger charge is 2.28. The molecule has 3 heterocycles. The highest BCUT2D eigenvalue weighted by Crippen LogP contribution is 2.38. The summed E-state index contributed by atoms with van der Waals surface area (Å²) in [5.41, 5.74) is 2.62. The smallest absolute Gasteiger partial charge is 0.255 e. The lowest BCUT2D eigenvalue weighted by Gasteiger charge is -2.30. The third-order valence-corrected chi connectivity index (χ3v) is 7.13. The van der Waals surface area contributed by atoms with E-state index in [0.29, 0.717) is 53.3 Å². The van der Waals surface area contributed by atoms with Crippen LogP contribution in [-0.4, -0.2) is 58.6 Å². The highest BCUT2D eigenvalue weighted by atomic mass is 32.2. The number of nitrogens with zero attached hydrogens (tertiary/aromatic N) is 3. The van der Waals surface area contributed by atoms with Crippen molar-refractivity contribution in [1.82, 2.24) is 14.6 Å². The van der Waals surface area contributed by atoms with E-state index in [1.165, 1.54) is 19.2 Å². The Morgan fingerprint density at radius 3 is 2.66 bits per heavy atom. The van der Waals surface area contributed by atoms with Crippen molar-refractivity contribution in [3.05, 3.63) is 53.9 Å². The number of rotatable bonds is 4. The summed E-state index contributed by atoms with van der Waals surface area (Å²) in [5, 5.41) is 3.16. The van der Waals surface area contributed by atoms with Crippen LogP contribution < -0.4 is 9.62 Å². The van der Waals surface area contributed by atoms with Crippen molar-refractivity contribution < 1.29 is 17.8 Å². The molecule has 1 unspecified atom stereocenters. The first kappa shape index (κ1) is 22.5. The topological polar surface area (TPSA) is 78.7 Å². The third-order valence-electron chi connectivity index (χ3n) is 5.33. The van der Waals surface area contributed by atoms with Gasteiger partial charge in [0.25, 0.3) is 5.91 Å². The number of nitrogens with one attached hydrogen (secondary N) is 1. The average molecular weight is 475 g/mol. The van der Waals surface area contributed by atoms with Crippen molar-refractivity contribution in [2.45, 2.75) is 0 Å². The van der Waals surface area contributed by atoms with Crippen LogP contribution in [0.5, 0.6) is 0 Å². The number of furan rings is 1. The number of carbonyl (C=O) groups excluding carboxylic acids is 1. The van der Waals surface area contributed by atoms with Crippen LogP contribution in [-0.2, 0) is 11.0 Å². The van der Waals surface area contributed by atoms with Gasteiger partial charge in [0.1, 0.15) is 22.6 Å². The second kappa shape index (κ2) is 9.05. The summed E-state index contributed by atoms with van der Waals surface area (Å²) < 4.78 is 35.9. The van der Waals surface area contributed by atoms with E-state index >= 15 is 0 Å². The minimum absolute atomic E-state index is 0.243. The zero-order valence-electron chi connectivity index (χ0n) is 18.0. The molecule has 0 saturated heterocycles. The van der Waals surface area contributed by atoms with Gasteiger partial charge in [0.2, 0.25) is 5.71 Å². The van der Waals surface area contributed by atoms with Gasteiger partial charge >= 0.3 is 0 Å². The van der Waals surface area contributed by atoms with E-state index in [1.807, 2.05) is 12.3 Å². The Balaban J connectivity index is 1.99. The lowest BCUT2D eigenvalue weighted by atomic mass is 10.0. The number of hydrogen-bond acceptors (Lipinski definition) is 6. The van der Waals surface area contributed by atoms with Gasteiger partial charge in [-0.25, -0.2) is 12.9 Å². The van der Waals surface area contributed by atoms with Crippen LogP contribution in [0.1, 0.15) is 15.9 Å². The lowest BCUT2D eigenvalue weighted by Crippen LogP contribution is -2.37. The molecule has 1 N–H and O–H groups in total. The molecule has 0 fully saturated rings. The van der Waals surface area contributed by atoms with Gasteiger partial charge in [-0.3, -0.25) is 9.10 Å². The van der Waals surface area contributed by atoms with Crippen LogP contribution in [0.3, 0.4) is 0 Å². The van der Waals surface area contributed by atoms with Gasteiger partial charge in [-0.2, -0.15) is 4.98 Å². The van der Waals surface area contributed by atoms with Crippen LogP contribution >= 0.6 is 11.9 Å². The largest absolute Gasteiger partial charge is 0.437 e. The molecule has 1 atom stereocenters. The molecule has 1 aromatic carbocycles. The first-order valence-electron chi connectivity index (χ1n) is 9.87. The number of amides is 1. The van der Waals surface area contributed by atoms with E-state index in [4.69, 9.17) is 4.42 Å². The number of carbonyl (C=O) groups is 1. The zero-order valence-corrected chi connectivity index (χ0v) is 19.6. The second-order valence-corrected chi connectivity index (χ2v) is 9.45. The number of pyridine rings is 1. The quantitative estimate of drug-likeness (QED) is 0.581. The molecular weight excluding hydrogens is 451 g/mol. The normalized spacial score (nSPS) is 15.9. The summed E-state index contributed by atoms with van der Waals surface area (Å²) in [6.07, 6.45) is 3.59. The molecule has 0 saturated carbocycles. The number of halogens is 1. The average Bonchev–Trinajstić information content (AvgIpc) is 3.14. The van der Waals surface area contributed by atoms with E-state index in [9.17, 15) is 13.4 Å². The molecule has 10 heteroatoms. The van der Waals surface area contributed by atoms with Crippen molar-refractivity contribution >= 4 is 51.3 Å². The summed E-state index contributed by atoms with van der Waals surface area (Å²) in [6, 6.07) is 7.55. The Morgan fingerprint density at radius 2 is 2.03 bits per heavy atom. The van der Waals surface area contributed by atoms with Crippen molar-refractivity contribution in [1.29, 1.82) is 0 Å². The van der Waals surface area contributed by atoms with Crippen LogP contribution in [0.15, 0.2) is 41.3 Å². The molecule has 168 valence electrons. The molecule has 1 amide bonds. The van der Waals surface area contributed by atoms with Gasteiger partial charge in [0, 0.05) is 44.1 Å². The van der Waals surface area contributed by atoms with E-state index in [0.717, 1.165) is 5.57 Å². The fraction of sp³-hybridized carbons (Fsp3) is 0.273. The fourth-order valence-electron chi connectivity index (χ4n) is 3.71. The molecule has 7 nitrogen and oxygen atoms in total. The molecule has 0 bridgehead atoms. The van der Waals surface area contributed by atoms with Crippen LogP contribution in [0.25, 0.3) is 28.0 Å². The monoisotopic (exact) mass is 474 g/mol. The number of anilines is 1. The fourth-order valence-corrected chi connectivity index (χ4v) is 4.98. The first-order valence-corrected chi connectivity index (χ1v) is 12.6. The summed E-state index contributed by atoms with van der Waals surface area (Å²) in [4.78, 5) is 17.5. The third kappa shape index (κ3) is 4.05. The predicted molar refractivity (Wildman–Crippen MR) is 128 cm³/mol. The molecule has 1 aliphatic rings. The number of hydrogen-bond donors (Lipinski definition) is 1. The zero-order chi connectivity index (χ0) is 23.0. The summed E-state index contributed by atoms with van der Waals surface area (Å²) in [6.45, 7) is 6.02. The lowest BCUT2D eigenvalue weighted by molar-refractivity contribution is 0.0964. The number of aromatic nitrogens is 1. The number of fused-ring (bicyclic) bond motifs is 2. The van der Waals surface area contributed by atoms with Crippen molar-refractivity contribution in [2.24, 2.45) is 0 Å². The van der Waals surface area contributed by atoms with Gasteiger partial charge in [-0.15, -0.1) is 0 Å². The standard InChI is InChI=1S/C22H23FN4O3S2/c1-13-12-26(31-3)9-10-27(32(4)29)20-16(13)11-17-18(21(28)24-2)19(30-22(17)25-20)14-5-7-15(23)8-6-14/h5-8,11H,1,9-10,12H2,2-4H3,(H,24,28).